The minimum atomic E-state index is -1.33. The van der Waals surface area contributed by atoms with Crippen LogP contribution in [0.5, 0.6) is 0 Å². The molecule has 0 aliphatic carbocycles. The van der Waals surface area contributed by atoms with Crippen molar-refractivity contribution in [1.29, 1.82) is 0 Å². The molecule has 1 heterocycles. The van der Waals surface area contributed by atoms with Crippen LogP contribution in [-0.2, 0) is 4.79 Å². The zero-order valence-corrected chi connectivity index (χ0v) is 11.6. The molecule has 1 atom stereocenters. The zero-order chi connectivity index (χ0) is 15.1. The molecule has 0 saturated heterocycles. The predicted octanol–water partition coefficient (Wildman–Crippen LogP) is 0.226. The maximum atomic E-state index is 12.5. The molecule has 7 nitrogen and oxygen atoms in total. The molecule has 20 heavy (non-hydrogen) atoms. The first-order valence-electron chi connectivity index (χ1n) is 6.39. The van der Waals surface area contributed by atoms with Gasteiger partial charge in [0.05, 0.1) is 6.61 Å². The van der Waals surface area contributed by atoms with Crippen LogP contribution in [0, 0.1) is 0 Å². The number of carbonyl (C=O) groups is 2. The number of aromatic nitrogens is 1. The van der Waals surface area contributed by atoms with Gasteiger partial charge in [0.1, 0.15) is 5.69 Å². The van der Waals surface area contributed by atoms with Crippen LogP contribution in [0.15, 0.2) is 24.4 Å². The average molecular weight is 281 g/mol. The number of hydrazine groups is 1. The summed E-state index contributed by atoms with van der Waals surface area (Å²) in [6.45, 7) is 3.83. The van der Waals surface area contributed by atoms with Crippen LogP contribution in [0.25, 0.3) is 0 Å². The van der Waals surface area contributed by atoms with E-state index in [1.165, 1.54) is 12.3 Å². The van der Waals surface area contributed by atoms with E-state index in [0.717, 1.165) is 5.01 Å². The summed E-state index contributed by atoms with van der Waals surface area (Å²) >= 11 is 0. The van der Waals surface area contributed by atoms with Gasteiger partial charge in [-0.05, 0) is 12.1 Å². The number of aliphatic carboxylic acids is 1. The standard InChI is InChI=1S/C13H19N3O4/c1-3-15(4-2)16(11(9-17)13(19)20)12(18)10-7-5-6-8-14-10/h5-8,11,17H,3-4,9H2,1-2H3,(H,19,20). The van der Waals surface area contributed by atoms with Crippen molar-refractivity contribution in [3.05, 3.63) is 30.1 Å². The summed E-state index contributed by atoms with van der Waals surface area (Å²) in [6.07, 6.45) is 1.46. The molecular formula is C13H19N3O4. The lowest BCUT2D eigenvalue weighted by molar-refractivity contribution is -0.151. The third-order valence-electron chi connectivity index (χ3n) is 2.88. The molecule has 0 radical (unpaired) electrons. The topological polar surface area (TPSA) is 94.0 Å². The van der Waals surface area contributed by atoms with Crippen LogP contribution in [0.4, 0.5) is 0 Å². The van der Waals surface area contributed by atoms with Gasteiger partial charge in [0.15, 0.2) is 6.04 Å². The van der Waals surface area contributed by atoms with E-state index in [0.29, 0.717) is 13.1 Å². The van der Waals surface area contributed by atoms with Crippen LogP contribution in [0.1, 0.15) is 24.3 Å². The van der Waals surface area contributed by atoms with Gasteiger partial charge in [0.2, 0.25) is 0 Å². The molecule has 110 valence electrons. The van der Waals surface area contributed by atoms with E-state index in [9.17, 15) is 19.8 Å². The number of carbonyl (C=O) groups excluding carboxylic acids is 1. The summed E-state index contributed by atoms with van der Waals surface area (Å²) < 4.78 is 0. The van der Waals surface area contributed by atoms with Gasteiger partial charge in [-0.2, -0.15) is 0 Å². The Hall–Kier alpha value is -1.99. The maximum absolute atomic E-state index is 12.5. The maximum Gasteiger partial charge on any atom is 0.330 e. The lowest BCUT2D eigenvalue weighted by atomic mass is 10.2. The molecule has 0 fully saturated rings. The molecule has 0 aromatic carbocycles. The summed E-state index contributed by atoms with van der Waals surface area (Å²) in [5, 5.41) is 21.1. The lowest BCUT2D eigenvalue weighted by Crippen LogP contribution is -2.56. The molecule has 1 amide bonds. The molecule has 0 aliphatic heterocycles. The van der Waals surface area contributed by atoms with Crippen molar-refractivity contribution in [1.82, 2.24) is 15.0 Å². The number of carboxylic acids is 1. The summed E-state index contributed by atoms with van der Waals surface area (Å²) in [4.78, 5) is 27.6. The third kappa shape index (κ3) is 3.52. The van der Waals surface area contributed by atoms with E-state index in [1.807, 2.05) is 0 Å². The van der Waals surface area contributed by atoms with Gasteiger partial charge in [-0.15, -0.1) is 0 Å². The van der Waals surface area contributed by atoms with Gasteiger partial charge in [-0.25, -0.2) is 9.80 Å². The van der Waals surface area contributed by atoms with Crippen molar-refractivity contribution in [2.75, 3.05) is 19.7 Å². The highest BCUT2D eigenvalue weighted by atomic mass is 16.4. The minimum Gasteiger partial charge on any atom is -0.480 e. The largest absolute Gasteiger partial charge is 0.480 e. The van der Waals surface area contributed by atoms with Crippen LogP contribution < -0.4 is 0 Å². The van der Waals surface area contributed by atoms with Crippen molar-refractivity contribution >= 4 is 11.9 Å². The molecule has 0 saturated carbocycles. The Morgan fingerprint density at radius 2 is 1.95 bits per heavy atom. The smallest absolute Gasteiger partial charge is 0.330 e. The van der Waals surface area contributed by atoms with Crippen molar-refractivity contribution in [2.24, 2.45) is 0 Å². The molecule has 0 aliphatic rings. The van der Waals surface area contributed by atoms with Gasteiger partial charge in [-0.3, -0.25) is 14.8 Å². The number of aliphatic hydroxyl groups excluding tert-OH is 1. The number of hydrogen-bond acceptors (Lipinski definition) is 5. The van der Waals surface area contributed by atoms with Crippen molar-refractivity contribution in [2.45, 2.75) is 19.9 Å². The Labute approximate surface area is 117 Å². The average Bonchev–Trinajstić information content (AvgIpc) is 2.47. The Balaban J connectivity index is 3.16. The molecule has 1 aromatic heterocycles. The summed E-state index contributed by atoms with van der Waals surface area (Å²) in [5.41, 5.74) is 0.138. The fourth-order valence-electron chi connectivity index (χ4n) is 1.86. The Morgan fingerprint density at radius 1 is 1.30 bits per heavy atom. The van der Waals surface area contributed by atoms with Crippen LogP contribution >= 0.6 is 0 Å². The van der Waals surface area contributed by atoms with Crippen molar-refractivity contribution < 1.29 is 19.8 Å². The number of rotatable bonds is 7. The molecule has 0 bridgehead atoms. The van der Waals surface area contributed by atoms with E-state index in [2.05, 4.69) is 4.98 Å². The molecule has 7 heteroatoms. The quantitative estimate of drug-likeness (QED) is 0.695. The lowest BCUT2D eigenvalue weighted by Gasteiger charge is -2.36. The number of amides is 1. The summed E-state index contributed by atoms with van der Waals surface area (Å²) in [6, 6.07) is 3.49. The predicted molar refractivity (Wildman–Crippen MR) is 71.8 cm³/mol. The van der Waals surface area contributed by atoms with E-state index in [-0.39, 0.29) is 5.69 Å². The number of nitrogens with zero attached hydrogens (tertiary/aromatic N) is 3. The number of pyridine rings is 1. The normalized spacial score (nSPS) is 12.2. The monoisotopic (exact) mass is 281 g/mol. The molecule has 1 rings (SSSR count). The minimum absolute atomic E-state index is 0.138. The fourth-order valence-corrected chi connectivity index (χ4v) is 1.86. The van der Waals surface area contributed by atoms with Crippen LogP contribution in [-0.4, -0.2) is 62.8 Å². The third-order valence-corrected chi connectivity index (χ3v) is 2.88. The number of hydrogen-bond donors (Lipinski definition) is 2. The van der Waals surface area contributed by atoms with E-state index in [1.54, 1.807) is 31.0 Å². The SMILES string of the molecule is CCN(CC)N(C(=O)c1ccccn1)C(CO)C(=O)O. The number of carboxylic acid groups (broad SMARTS) is 1. The second kappa shape index (κ2) is 7.56. The van der Waals surface area contributed by atoms with Crippen molar-refractivity contribution in [3.63, 3.8) is 0 Å². The first-order chi connectivity index (χ1) is 9.56. The van der Waals surface area contributed by atoms with E-state index < -0.39 is 24.5 Å². The molecule has 1 unspecified atom stereocenters. The Kier molecular flexibility index (Phi) is 6.08. The fraction of sp³-hybridized carbons (Fsp3) is 0.462. The van der Waals surface area contributed by atoms with Crippen molar-refractivity contribution in [3.8, 4) is 0 Å². The summed E-state index contributed by atoms with van der Waals surface area (Å²) in [5.74, 6) is -1.81. The van der Waals surface area contributed by atoms with Gasteiger partial charge in [-0.1, -0.05) is 19.9 Å². The second-order valence-electron chi connectivity index (χ2n) is 4.04. The van der Waals surface area contributed by atoms with Gasteiger partial charge in [0.25, 0.3) is 5.91 Å². The van der Waals surface area contributed by atoms with E-state index >= 15 is 0 Å². The molecular weight excluding hydrogens is 262 g/mol. The van der Waals surface area contributed by atoms with Gasteiger partial charge < -0.3 is 10.2 Å². The first-order valence-corrected chi connectivity index (χ1v) is 6.39. The molecule has 0 spiro atoms. The molecule has 1 aromatic rings. The number of aliphatic hydroxyl groups is 1. The second-order valence-corrected chi connectivity index (χ2v) is 4.04. The Bertz CT molecular complexity index is 448. The van der Waals surface area contributed by atoms with Gasteiger partial charge >= 0.3 is 5.97 Å². The van der Waals surface area contributed by atoms with Gasteiger partial charge in [0, 0.05) is 19.3 Å². The Morgan fingerprint density at radius 3 is 2.35 bits per heavy atom. The van der Waals surface area contributed by atoms with Crippen LogP contribution in [0.3, 0.4) is 0 Å². The van der Waals surface area contributed by atoms with Crippen LogP contribution in [0.2, 0.25) is 0 Å². The highest BCUT2D eigenvalue weighted by molar-refractivity contribution is 5.94. The highest BCUT2D eigenvalue weighted by Crippen LogP contribution is 2.11. The summed E-state index contributed by atoms with van der Waals surface area (Å²) in [7, 11) is 0. The first kappa shape index (κ1) is 16.1. The van der Waals surface area contributed by atoms with E-state index in [4.69, 9.17) is 0 Å². The molecule has 2 N–H and O–H groups in total. The highest BCUT2D eigenvalue weighted by Gasteiger charge is 2.33. The zero-order valence-electron chi connectivity index (χ0n) is 11.6.